The van der Waals surface area contributed by atoms with Crippen molar-refractivity contribution in [2.75, 3.05) is 13.1 Å². The first kappa shape index (κ1) is 19.9. The van der Waals surface area contributed by atoms with E-state index in [-0.39, 0.29) is 11.9 Å². The first-order chi connectivity index (χ1) is 13.5. The van der Waals surface area contributed by atoms with E-state index in [9.17, 15) is 4.79 Å². The lowest BCUT2D eigenvalue weighted by molar-refractivity contribution is -0.118. The minimum Gasteiger partial charge on any atom is -0.489 e. The topological polar surface area (TPSA) is 91.4 Å². The number of ether oxygens (including phenoxy) is 1. The van der Waals surface area contributed by atoms with Crippen LogP contribution in [0.15, 0.2) is 48.5 Å². The standard InChI is InChI=1S/C12H17N3O.C10H11NO/c1-8-5-11(7-15-8)16-10-4-2-3-9(6-10)12(13)14;12-8-11-6-5-9-3-1-2-4-10(9)7-11/h2-4,6,8,11,15H,5,7H2,1H3,(H3,13,14);1-4,8H,5-7H2/t8?,11-;/m1./s1. The molecule has 1 saturated heterocycles. The second-order valence-corrected chi connectivity index (χ2v) is 7.32. The molecule has 2 aromatic rings. The zero-order chi connectivity index (χ0) is 19.9. The normalized spacial score (nSPS) is 20.5. The Bertz CT molecular complexity index is 824. The van der Waals surface area contributed by atoms with Crippen LogP contribution < -0.4 is 15.8 Å². The SMILES string of the molecule is CC1C[C@@H](Oc2cccc(C(=N)N)c2)CN1.O=CN1CCc2ccccc2C1. The molecule has 0 aromatic heterocycles. The number of fused-ring (bicyclic) bond motifs is 1. The second kappa shape index (κ2) is 9.37. The lowest BCUT2D eigenvalue weighted by Crippen LogP contribution is -2.28. The molecule has 1 amide bonds. The van der Waals surface area contributed by atoms with Crippen LogP contribution in [-0.2, 0) is 17.8 Å². The van der Waals surface area contributed by atoms with Crippen LogP contribution in [-0.4, -0.2) is 42.4 Å². The van der Waals surface area contributed by atoms with Gasteiger partial charge in [-0.2, -0.15) is 0 Å². The third kappa shape index (κ3) is 5.33. The molecule has 2 aliphatic heterocycles. The van der Waals surface area contributed by atoms with Gasteiger partial charge in [0.15, 0.2) is 0 Å². The third-order valence-electron chi connectivity index (χ3n) is 5.07. The first-order valence-corrected chi connectivity index (χ1v) is 9.66. The highest BCUT2D eigenvalue weighted by Gasteiger charge is 2.22. The second-order valence-electron chi connectivity index (χ2n) is 7.32. The van der Waals surface area contributed by atoms with Crippen LogP contribution in [0.5, 0.6) is 5.75 Å². The van der Waals surface area contributed by atoms with Gasteiger partial charge in [0.05, 0.1) is 0 Å². The number of nitrogens with two attached hydrogens (primary N) is 1. The molecule has 2 aromatic carbocycles. The number of nitrogens with zero attached hydrogens (tertiary/aromatic N) is 1. The maximum Gasteiger partial charge on any atom is 0.210 e. The molecule has 6 heteroatoms. The molecule has 2 atom stereocenters. The summed E-state index contributed by atoms with van der Waals surface area (Å²) in [6.45, 7) is 4.67. The fourth-order valence-electron chi connectivity index (χ4n) is 3.52. The predicted octanol–water partition coefficient (Wildman–Crippen LogP) is 2.30. The molecule has 0 saturated carbocycles. The van der Waals surface area contributed by atoms with Gasteiger partial charge in [-0.3, -0.25) is 10.2 Å². The van der Waals surface area contributed by atoms with Gasteiger partial charge in [0.25, 0.3) is 0 Å². The Morgan fingerprint density at radius 1 is 1.25 bits per heavy atom. The summed E-state index contributed by atoms with van der Waals surface area (Å²) in [7, 11) is 0. The van der Waals surface area contributed by atoms with Gasteiger partial charge in [0.1, 0.15) is 17.7 Å². The Kier molecular flexibility index (Phi) is 6.66. The number of amidine groups is 1. The van der Waals surface area contributed by atoms with E-state index in [1.807, 2.05) is 35.2 Å². The Labute approximate surface area is 166 Å². The van der Waals surface area contributed by atoms with Crippen molar-refractivity contribution in [2.45, 2.75) is 38.5 Å². The average Bonchev–Trinajstić information content (AvgIpc) is 3.12. The molecule has 0 aliphatic carbocycles. The van der Waals surface area contributed by atoms with Crippen molar-refractivity contribution in [3.05, 3.63) is 65.2 Å². The molecule has 0 radical (unpaired) electrons. The van der Waals surface area contributed by atoms with E-state index in [4.69, 9.17) is 15.9 Å². The van der Waals surface area contributed by atoms with Gasteiger partial charge in [-0.15, -0.1) is 0 Å². The summed E-state index contributed by atoms with van der Waals surface area (Å²) < 4.78 is 5.82. The number of hydrogen-bond acceptors (Lipinski definition) is 4. The number of carbonyl (C=O) groups is 1. The summed E-state index contributed by atoms with van der Waals surface area (Å²) in [5.74, 6) is 0.858. The van der Waals surface area contributed by atoms with Crippen molar-refractivity contribution in [2.24, 2.45) is 5.73 Å². The average molecular weight is 380 g/mol. The summed E-state index contributed by atoms with van der Waals surface area (Å²) in [4.78, 5) is 12.3. The lowest BCUT2D eigenvalue weighted by Gasteiger charge is -2.24. The number of carbonyl (C=O) groups excluding carboxylic acids is 1. The summed E-state index contributed by atoms with van der Waals surface area (Å²) in [6.07, 6.45) is 3.16. The van der Waals surface area contributed by atoms with E-state index in [0.717, 1.165) is 44.6 Å². The molecule has 4 rings (SSSR count). The molecule has 6 nitrogen and oxygen atoms in total. The lowest BCUT2D eigenvalue weighted by atomic mass is 10.0. The largest absolute Gasteiger partial charge is 0.489 e. The number of nitrogen functional groups attached to an aromatic ring is 1. The molecule has 2 heterocycles. The molecule has 4 N–H and O–H groups in total. The number of rotatable bonds is 4. The highest BCUT2D eigenvalue weighted by molar-refractivity contribution is 5.95. The summed E-state index contributed by atoms with van der Waals surface area (Å²) in [5, 5.41) is 10.7. The van der Waals surface area contributed by atoms with Gasteiger partial charge < -0.3 is 20.7 Å². The molecule has 28 heavy (non-hydrogen) atoms. The van der Waals surface area contributed by atoms with Crippen molar-refractivity contribution < 1.29 is 9.53 Å². The molecule has 1 fully saturated rings. The van der Waals surface area contributed by atoms with Gasteiger partial charge >= 0.3 is 0 Å². The van der Waals surface area contributed by atoms with Crippen molar-refractivity contribution in [3.8, 4) is 5.75 Å². The highest BCUT2D eigenvalue weighted by Crippen LogP contribution is 2.18. The molecule has 148 valence electrons. The highest BCUT2D eigenvalue weighted by atomic mass is 16.5. The van der Waals surface area contributed by atoms with Crippen molar-refractivity contribution in [1.82, 2.24) is 10.2 Å². The predicted molar refractivity (Wildman–Crippen MR) is 111 cm³/mol. The van der Waals surface area contributed by atoms with Crippen LogP contribution in [0.2, 0.25) is 0 Å². The molecular weight excluding hydrogens is 352 g/mol. The Balaban J connectivity index is 0.000000167. The summed E-state index contributed by atoms with van der Waals surface area (Å²) in [6, 6.07) is 16.2. The minimum atomic E-state index is 0.0726. The van der Waals surface area contributed by atoms with Gasteiger partial charge in [-0.25, -0.2) is 0 Å². The smallest absolute Gasteiger partial charge is 0.210 e. The van der Waals surface area contributed by atoms with Crippen LogP contribution in [0.1, 0.15) is 30.0 Å². The molecule has 0 bridgehead atoms. The minimum absolute atomic E-state index is 0.0726. The molecule has 1 unspecified atom stereocenters. The molecule has 2 aliphatic rings. The fraction of sp³-hybridized carbons (Fsp3) is 0.364. The third-order valence-corrected chi connectivity index (χ3v) is 5.07. The summed E-state index contributed by atoms with van der Waals surface area (Å²) >= 11 is 0. The Morgan fingerprint density at radius 2 is 2.04 bits per heavy atom. The van der Waals surface area contributed by atoms with E-state index in [2.05, 4.69) is 30.4 Å². The van der Waals surface area contributed by atoms with Crippen LogP contribution in [0.4, 0.5) is 0 Å². The summed E-state index contributed by atoms with van der Waals surface area (Å²) in [5.41, 5.74) is 8.81. The van der Waals surface area contributed by atoms with Crippen LogP contribution in [0, 0.1) is 5.41 Å². The van der Waals surface area contributed by atoms with E-state index in [1.165, 1.54) is 11.1 Å². The van der Waals surface area contributed by atoms with E-state index in [0.29, 0.717) is 11.6 Å². The van der Waals surface area contributed by atoms with Crippen LogP contribution >= 0.6 is 0 Å². The maximum absolute atomic E-state index is 10.5. The van der Waals surface area contributed by atoms with E-state index < -0.39 is 0 Å². The van der Waals surface area contributed by atoms with Crippen molar-refractivity contribution in [1.29, 1.82) is 5.41 Å². The van der Waals surface area contributed by atoms with Gasteiger partial charge in [-0.1, -0.05) is 36.4 Å². The first-order valence-electron chi connectivity index (χ1n) is 9.66. The van der Waals surface area contributed by atoms with E-state index >= 15 is 0 Å². The Hall–Kier alpha value is -2.86. The number of hydrogen-bond donors (Lipinski definition) is 3. The monoisotopic (exact) mass is 380 g/mol. The quantitative estimate of drug-likeness (QED) is 0.431. The molecule has 0 spiro atoms. The zero-order valence-corrected chi connectivity index (χ0v) is 16.2. The van der Waals surface area contributed by atoms with E-state index in [1.54, 1.807) is 0 Å². The van der Waals surface area contributed by atoms with Gasteiger partial charge in [0.2, 0.25) is 6.41 Å². The van der Waals surface area contributed by atoms with Crippen molar-refractivity contribution >= 4 is 12.2 Å². The number of benzene rings is 2. The number of nitrogens with one attached hydrogen (secondary N) is 2. The molecular formula is C22H28N4O2. The van der Waals surface area contributed by atoms with Gasteiger partial charge in [-0.05, 0) is 36.6 Å². The van der Waals surface area contributed by atoms with Gasteiger partial charge in [0, 0.05) is 37.7 Å². The van der Waals surface area contributed by atoms with Crippen LogP contribution in [0.25, 0.3) is 0 Å². The Morgan fingerprint density at radius 3 is 2.71 bits per heavy atom. The maximum atomic E-state index is 10.5. The zero-order valence-electron chi connectivity index (χ0n) is 16.2. The van der Waals surface area contributed by atoms with Crippen molar-refractivity contribution in [3.63, 3.8) is 0 Å². The number of amides is 1. The fourth-order valence-corrected chi connectivity index (χ4v) is 3.52. The van der Waals surface area contributed by atoms with Crippen LogP contribution in [0.3, 0.4) is 0 Å².